The van der Waals surface area contributed by atoms with E-state index in [0.29, 0.717) is 24.1 Å². The molecule has 2 fully saturated rings. The van der Waals surface area contributed by atoms with Crippen LogP contribution in [-0.4, -0.2) is 49.3 Å². The van der Waals surface area contributed by atoms with Crippen LogP contribution in [0.25, 0.3) is 0 Å². The minimum Gasteiger partial charge on any atom is -0.378 e. The summed E-state index contributed by atoms with van der Waals surface area (Å²) in [5.74, 6) is 0.644. The van der Waals surface area contributed by atoms with Gasteiger partial charge >= 0.3 is 0 Å². The second kappa shape index (κ2) is 6.88. The first-order valence-electron chi connectivity index (χ1n) is 7.76. The van der Waals surface area contributed by atoms with Gasteiger partial charge in [0.05, 0.1) is 6.10 Å². The number of hydrogen-bond donors (Lipinski definition) is 1. The van der Waals surface area contributed by atoms with E-state index in [4.69, 9.17) is 4.74 Å². The quantitative estimate of drug-likeness (QED) is 0.814. The van der Waals surface area contributed by atoms with Crippen LogP contribution in [0.3, 0.4) is 0 Å². The molecule has 0 aromatic rings. The summed E-state index contributed by atoms with van der Waals surface area (Å²) in [7, 11) is 0. The van der Waals surface area contributed by atoms with Crippen LogP contribution >= 0.6 is 0 Å². The Labute approximate surface area is 112 Å². The lowest BCUT2D eigenvalue weighted by Crippen LogP contribution is -2.46. The maximum Gasteiger partial charge on any atom is 0.0612 e. The van der Waals surface area contributed by atoms with Crippen molar-refractivity contribution < 1.29 is 4.74 Å². The second-order valence-corrected chi connectivity index (χ2v) is 6.37. The van der Waals surface area contributed by atoms with Gasteiger partial charge in [-0.1, -0.05) is 13.8 Å². The van der Waals surface area contributed by atoms with Gasteiger partial charge in [0.1, 0.15) is 0 Å². The predicted molar refractivity (Wildman–Crippen MR) is 75.9 cm³/mol. The van der Waals surface area contributed by atoms with E-state index >= 15 is 0 Å². The maximum absolute atomic E-state index is 5.83. The summed E-state index contributed by atoms with van der Waals surface area (Å²) in [6.07, 6.45) is 5.59. The highest BCUT2D eigenvalue weighted by Crippen LogP contribution is 2.20. The normalized spacial score (nSPS) is 32.0. The Morgan fingerprint density at radius 3 is 2.61 bits per heavy atom. The van der Waals surface area contributed by atoms with Gasteiger partial charge in [0.25, 0.3) is 0 Å². The number of nitrogens with one attached hydrogen (secondary N) is 1. The first-order valence-corrected chi connectivity index (χ1v) is 7.76. The molecule has 106 valence electrons. The second-order valence-electron chi connectivity index (χ2n) is 6.37. The first kappa shape index (κ1) is 14.3. The van der Waals surface area contributed by atoms with Crippen molar-refractivity contribution in [3.8, 4) is 0 Å². The monoisotopic (exact) mass is 254 g/mol. The largest absolute Gasteiger partial charge is 0.378 e. The summed E-state index contributed by atoms with van der Waals surface area (Å²) in [6.45, 7) is 11.5. The van der Waals surface area contributed by atoms with Gasteiger partial charge in [-0.05, 0) is 51.6 Å². The number of hydrogen-bond acceptors (Lipinski definition) is 3. The Hall–Kier alpha value is -0.120. The number of likely N-dealkylation sites (tertiary alicyclic amines) is 1. The van der Waals surface area contributed by atoms with Gasteiger partial charge in [0.2, 0.25) is 0 Å². The highest BCUT2D eigenvalue weighted by atomic mass is 16.5. The average Bonchev–Trinajstić information content (AvgIpc) is 2.90. The van der Waals surface area contributed by atoms with Crippen molar-refractivity contribution in [2.75, 3.05) is 26.2 Å². The van der Waals surface area contributed by atoms with E-state index in [1.165, 1.54) is 38.8 Å². The summed E-state index contributed by atoms with van der Waals surface area (Å²) in [6, 6.07) is 1.35. The Balaban J connectivity index is 1.69. The highest BCUT2D eigenvalue weighted by molar-refractivity contribution is 4.81. The molecule has 0 spiro atoms. The Morgan fingerprint density at radius 1 is 1.22 bits per heavy atom. The zero-order valence-corrected chi connectivity index (χ0v) is 12.3. The minimum atomic E-state index is 0.457. The average molecular weight is 254 g/mol. The number of ether oxygens (including phenoxy) is 1. The maximum atomic E-state index is 5.83. The molecular weight excluding hydrogens is 224 g/mol. The van der Waals surface area contributed by atoms with Crippen LogP contribution in [0, 0.1) is 5.92 Å². The molecule has 0 aromatic carbocycles. The first-order chi connectivity index (χ1) is 8.66. The third-order valence-corrected chi connectivity index (χ3v) is 4.52. The van der Waals surface area contributed by atoms with Gasteiger partial charge < -0.3 is 10.1 Å². The fourth-order valence-electron chi connectivity index (χ4n) is 3.13. The summed E-state index contributed by atoms with van der Waals surface area (Å²) < 4.78 is 5.83. The van der Waals surface area contributed by atoms with E-state index < -0.39 is 0 Å². The molecule has 3 heteroatoms. The molecule has 18 heavy (non-hydrogen) atoms. The SMILES string of the molecule is CC(C)C1CC(NCC(C)N2CCCC2)CCO1. The summed E-state index contributed by atoms with van der Waals surface area (Å²) in [4.78, 5) is 2.62. The Kier molecular flexibility index (Phi) is 5.46. The van der Waals surface area contributed by atoms with Crippen molar-refractivity contribution in [1.82, 2.24) is 10.2 Å². The van der Waals surface area contributed by atoms with E-state index in [2.05, 4.69) is 31.0 Å². The minimum absolute atomic E-state index is 0.457. The molecule has 0 bridgehead atoms. The lowest BCUT2D eigenvalue weighted by molar-refractivity contribution is -0.0249. The van der Waals surface area contributed by atoms with Gasteiger partial charge in [-0.3, -0.25) is 4.90 Å². The fraction of sp³-hybridized carbons (Fsp3) is 1.00. The van der Waals surface area contributed by atoms with Crippen molar-refractivity contribution in [3.05, 3.63) is 0 Å². The standard InChI is InChI=1S/C15H30N2O/c1-12(2)15-10-14(6-9-18-15)16-11-13(3)17-7-4-5-8-17/h12-16H,4-11H2,1-3H3. The summed E-state index contributed by atoms with van der Waals surface area (Å²) >= 11 is 0. The molecule has 0 aromatic heterocycles. The molecule has 3 unspecified atom stereocenters. The number of rotatable bonds is 5. The van der Waals surface area contributed by atoms with Crippen LogP contribution < -0.4 is 5.32 Å². The third-order valence-electron chi connectivity index (χ3n) is 4.52. The molecule has 2 heterocycles. The molecule has 1 N–H and O–H groups in total. The van der Waals surface area contributed by atoms with Gasteiger partial charge in [0, 0.05) is 25.2 Å². The molecule has 0 saturated carbocycles. The van der Waals surface area contributed by atoms with E-state index in [1.54, 1.807) is 0 Å². The molecular formula is C15H30N2O. The van der Waals surface area contributed by atoms with Gasteiger partial charge in [-0.25, -0.2) is 0 Å². The molecule has 3 nitrogen and oxygen atoms in total. The molecule has 0 amide bonds. The molecule has 2 aliphatic rings. The van der Waals surface area contributed by atoms with Gasteiger partial charge in [-0.2, -0.15) is 0 Å². The van der Waals surface area contributed by atoms with E-state index in [-0.39, 0.29) is 0 Å². The summed E-state index contributed by atoms with van der Waals surface area (Å²) in [5.41, 5.74) is 0. The highest BCUT2D eigenvalue weighted by Gasteiger charge is 2.25. The van der Waals surface area contributed by atoms with E-state index in [0.717, 1.165) is 13.2 Å². The lowest BCUT2D eigenvalue weighted by atomic mass is 9.95. The Morgan fingerprint density at radius 2 is 1.94 bits per heavy atom. The molecule has 2 saturated heterocycles. The van der Waals surface area contributed by atoms with E-state index in [1.807, 2.05) is 0 Å². The van der Waals surface area contributed by atoms with Crippen molar-refractivity contribution in [2.45, 2.75) is 64.6 Å². The van der Waals surface area contributed by atoms with Crippen molar-refractivity contribution in [1.29, 1.82) is 0 Å². The van der Waals surface area contributed by atoms with Crippen LogP contribution in [0.2, 0.25) is 0 Å². The third kappa shape index (κ3) is 3.94. The zero-order chi connectivity index (χ0) is 13.0. The van der Waals surface area contributed by atoms with Crippen LogP contribution in [0.15, 0.2) is 0 Å². The fourth-order valence-corrected chi connectivity index (χ4v) is 3.13. The smallest absolute Gasteiger partial charge is 0.0612 e. The van der Waals surface area contributed by atoms with Crippen LogP contribution in [-0.2, 0) is 4.74 Å². The van der Waals surface area contributed by atoms with Crippen molar-refractivity contribution in [2.24, 2.45) is 5.92 Å². The molecule has 0 aliphatic carbocycles. The molecule has 0 radical (unpaired) electrons. The predicted octanol–water partition coefficient (Wildman–Crippen LogP) is 2.26. The van der Waals surface area contributed by atoms with Crippen LogP contribution in [0.1, 0.15) is 46.5 Å². The molecule has 2 rings (SSSR count). The van der Waals surface area contributed by atoms with Crippen molar-refractivity contribution in [3.63, 3.8) is 0 Å². The van der Waals surface area contributed by atoms with Gasteiger partial charge in [-0.15, -0.1) is 0 Å². The lowest BCUT2D eigenvalue weighted by Gasteiger charge is -2.34. The van der Waals surface area contributed by atoms with Crippen LogP contribution in [0.4, 0.5) is 0 Å². The topological polar surface area (TPSA) is 24.5 Å². The van der Waals surface area contributed by atoms with Gasteiger partial charge in [0.15, 0.2) is 0 Å². The Bertz CT molecular complexity index is 239. The summed E-state index contributed by atoms with van der Waals surface area (Å²) in [5, 5.41) is 3.76. The van der Waals surface area contributed by atoms with Crippen molar-refractivity contribution >= 4 is 0 Å². The number of nitrogens with zero attached hydrogens (tertiary/aromatic N) is 1. The molecule has 2 aliphatic heterocycles. The van der Waals surface area contributed by atoms with Crippen LogP contribution in [0.5, 0.6) is 0 Å². The van der Waals surface area contributed by atoms with E-state index in [9.17, 15) is 0 Å². The zero-order valence-electron chi connectivity index (χ0n) is 12.3. The molecule has 3 atom stereocenters.